The highest BCUT2D eigenvalue weighted by molar-refractivity contribution is 5.84. The number of hydrogen-bond donors (Lipinski definition) is 0. The van der Waals surface area contributed by atoms with Gasteiger partial charge >= 0.3 is 0 Å². The fourth-order valence-corrected chi connectivity index (χ4v) is 2.18. The Morgan fingerprint density at radius 1 is 0.900 bits per heavy atom. The molecule has 3 rings (SSSR count). The zero-order chi connectivity index (χ0) is 14.8. The average Bonchev–Trinajstić information content (AvgIpc) is 2.53. The van der Waals surface area contributed by atoms with E-state index in [0.717, 1.165) is 33.5 Å². The van der Waals surface area contributed by atoms with E-state index < -0.39 is 0 Å². The van der Waals surface area contributed by atoms with Crippen molar-refractivity contribution in [2.75, 3.05) is 14.2 Å². The van der Waals surface area contributed by atoms with Gasteiger partial charge in [0.2, 0.25) is 0 Å². The number of nitrogens with zero attached hydrogens (tertiary/aromatic N) is 1. The van der Waals surface area contributed by atoms with Gasteiger partial charge in [0, 0.05) is 17.6 Å². The summed E-state index contributed by atoms with van der Waals surface area (Å²) in [6, 6.07) is 15.3. The lowest BCUT2D eigenvalue weighted by Gasteiger charge is -2.09. The minimum atomic E-state index is 0.276. The zero-order valence-corrected chi connectivity index (χ0v) is 11.4. The second kappa shape index (κ2) is 5.21. The summed E-state index contributed by atoms with van der Waals surface area (Å²) in [5, 5.41) is 1.00. The summed E-state index contributed by atoms with van der Waals surface area (Å²) in [7, 11) is 3.28. The lowest BCUT2D eigenvalue weighted by Crippen LogP contribution is -1.89. The van der Waals surface area contributed by atoms with Crippen LogP contribution in [-0.2, 0) is 0 Å². The van der Waals surface area contributed by atoms with Crippen molar-refractivity contribution >= 4 is 10.9 Å². The van der Waals surface area contributed by atoms with Crippen molar-refractivity contribution in [2.24, 2.45) is 0 Å². The first kappa shape index (κ1) is 11.3. The molecule has 0 unspecified atom stereocenters. The highest BCUT2D eigenvalue weighted by atomic mass is 16.5. The van der Waals surface area contributed by atoms with Gasteiger partial charge in [-0.15, -0.1) is 0 Å². The molecule has 1 aromatic heterocycles. The quantitative estimate of drug-likeness (QED) is 0.720. The van der Waals surface area contributed by atoms with Crippen LogP contribution in [0.5, 0.6) is 11.5 Å². The van der Waals surface area contributed by atoms with E-state index >= 15 is 0 Å². The average molecular weight is 266 g/mol. The number of ether oxygens (including phenoxy) is 2. The molecule has 0 bridgehead atoms. The van der Waals surface area contributed by atoms with Gasteiger partial charge in [0.1, 0.15) is 11.5 Å². The summed E-state index contributed by atoms with van der Waals surface area (Å²) in [5.74, 6) is 1.51. The van der Waals surface area contributed by atoms with Gasteiger partial charge in [0.15, 0.2) is 0 Å². The maximum atomic E-state index is 7.56. The molecule has 0 N–H and O–H groups in total. The van der Waals surface area contributed by atoms with E-state index in [9.17, 15) is 0 Å². The van der Waals surface area contributed by atoms with E-state index in [0.29, 0.717) is 0 Å². The normalized spacial score (nSPS) is 11.2. The number of hydrogen-bond acceptors (Lipinski definition) is 3. The second-order valence-electron chi connectivity index (χ2n) is 4.45. The van der Waals surface area contributed by atoms with Crippen molar-refractivity contribution in [1.29, 1.82) is 0 Å². The molecule has 3 aromatic rings. The Kier molecular flexibility index (Phi) is 2.94. The van der Waals surface area contributed by atoms with Gasteiger partial charge in [-0.1, -0.05) is 12.1 Å². The van der Waals surface area contributed by atoms with Gasteiger partial charge in [-0.25, -0.2) is 0 Å². The molecule has 0 aliphatic rings. The van der Waals surface area contributed by atoms with E-state index in [1.807, 2.05) is 36.4 Å². The maximum absolute atomic E-state index is 7.56. The van der Waals surface area contributed by atoms with E-state index in [4.69, 9.17) is 10.8 Å². The summed E-state index contributed by atoms with van der Waals surface area (Å²) in [5.41, 5.74) is 2.89. The van der Waals surface area contributed by atoms with Gasteiger partial charge < -0.3 is 9.47 Å². The second-order valence-corrected chi connectivity index (χ2v) is 4.45. The largest absolute Gasteiger partial charge is 0.497 e. The molecule has 2 aromatic carbocycles. The standard InChI is InChI=1S/C17H15NO2/c1-19-15-9-14(10-16(11-15)20-2)12-5-6-17-13(8-12)4-3-7-18-17/h3-11H,1-2H3/i7D. The summed E-state index contributed by atoms with van der Waals surface area (Å²) in [6.07, 6.45) is 0.276. The topological polar surface area (TPSA) is 31.4 Å². The zero-order valence-electron chi connectivity index (χ0n) is 12.4. The molecule has 0 saturated heterocycles. The molecular formula is C17H15NO2. The first-order chi connectivity index (χ1) is 10.2. The fourth-order valence-electron chi connectivity index (χ4n) is 2.18. The van der Waals surface area contributed by atoms with Crippen molar-refractivity contribution in [3.8, 4) is 22.6 Å². The molecular weight excluding hydrogens is 250 g/mol. The molecule has 1 heterocycles. The van der Waals surface area contributed by atoms with Crippen LogP contribution in [0.25, 0.3) is 22.0 Å². The van der Waals surface area contributed by atoms with Gasteiger partial charge in [0.05, 0.1) is 21.1 Å². The minimum absolute atomic E-state index is 0.276. The van der Waals surface area contributed by atoms with Crippen LogP contribution in [0.4, 0.5) is 0 Å². The molecule has 100 valence electrons. The van der Waals surface area contributed by atoms with Gasteiger partial charge in [-0.2, -0.15) is 0 Å². The van der Waals surface area contributed by atoms with Crippen LogP contribution < -0.4 is 9.47 Å². The lowest BCUT2D eigenvalue weighted by atomic mass is 10.0. The van der Waals surface area contributed by atoms with Crippen molar-refractivity contribution < 1.29 is 10.8 Å². The molecule has 0 aliphatic carbocycles. The van der Waals surface area contributed by atoms with Crippen molar-refractivity contribution in [2.45, 2.75) is 0 Å². The summed E-state index contributed by atoms with van der Waals surface area (Å²) < 4.78 is 18.2. The Morgan fingerprint density at radius 3 is 2.35 bits per heavy atom. The number of rotatable bonds is 3. The molecule has 3 heteroatoms. The van der Waals surface area contributed by atoms with E-state index in [1.165, 1.54) is 0 Å². The lowest BCUT2D eigenvalue weighted by molar-refractivity contribution is 0.394. The van der Waals surface area contributed by atoms with E-state index in [-0.39, 0.29) is 6.17 Å². The van der Waals surface area contributed by atoms with Gasteiger partial charge in [-0.3, -0.25) is 4.98 Å². The SMILES string of the molecule is [2H]c1ccc2cc(-c3cc(OC)cc(OC)c3)ccc2n1. The molecule has 0 atom stereocenters. The molecule has 0 saturated carbocycles. The molecule has 0 spiro atoms. The predicted octanol–water partition coefficient (Wildman–Crippen LogP) is 3.92. The van der Waals surface area contributed by atoms with Crippen LogP contribution in [-0.4, -0.2) is 19.2 Å². The highest BCUT2D eigenvalue weighted by Crippen LogP contribution is 2.31. The Bertz CT molecular complexity index is 780. The van der Waals surface area contributed by atoms with E-state index in [2.05, 4.69) is 11.1 Å². The van der Waals surface area contributed by atoms with Gasteiger partial charge in [0.25, 0.3) is 0 Å². The van der Waals surface area contributed by atoms with Crippen LogP contribution >= 0.6 is 0 Å². The van der Waals surface area contributed by atoms with Crippen molar-refractivity contribution in [1.82, 2.24) is 4.98 Å². The van der Waals surface area contributed by atoms with Crippen LogP contribution in [0.2, 0.25) is 0 Å². The molecule has 0 amide bonds. The van der Waals surface area contributed by atoms with Crippen LogP contribution in [0, 0.1) is 0 Å². The van der Waals surface area contributed by atoms with Crippen molar-refractivity contribution in [3.05, 3.63) is 54.7 Å². The number of aromatic nitrogens is 1. The Balaban J connectivity index is 2.13. The first-order valence-electron chi connectivity index (χ1n) is 6.80. The smallest absolute Gasteiger partial charge is 0.123 e. The van der Waals surface area contributed by atoms with Crippen LogP contribution in [0.3, 0.4) is 0 Å². The summed E-state index contributed by atoms with van der Waals surface area (Å²) in [6.45, 7) is 0. The first-order valence-corrected chi connectivity index (χ1v) is 6.30. The number of benzene rings is 2. The summed E-state index contributed by atoms with van der Waals surface area (Å²) >= 11 is 0. The Morgan fingerprint density at radius 2 is 1.65 bits per heavy atom. The predicted molar refractivity (Wildman–Crippen MR) is 80.3 cm³/mol. The Hall–Kier alpha value is -2.55. The van der Waals surface area contributed by atoms with Gasteiger partial charge in [-0.05, 0) is 41.5 Å². The highest BCUT2D eigenvalue weighted by Gasteiger charge is 2.05. The maximum Gasteiger partial charge on any atom is 0.123 e. The van der Waals surface area contributed by atoms with E-state index in [1.54, 1.807) is 20.3 Å². The Labute approximate surface area is 119 Å². The molecule has 20 heavy (non-hydrogen) atoms. The third kappa shape index (κ3) is 2.30. The fraction of sp³-hybridized carbons (Fsp3) is 0.118. The monoisotopic (exact) mass is 266 g/mol. The van der Waals surface area contributed by atoms with Crippen LogP contribution in [0.15, 0.2) is 54.7 Å². The number of pyridine rings is 1. The third-order valence-electron chi connectivity index (χ3n) is 3.23. The molecule has 0 radical (unpaired) electrons. The van der Waals surface area contributed by atoms with Crippen molar-refractivity contribution in [3.63, 3.8) is 0 Å². The molecule has 0 aliphatic heterocycles. The third-order valence-corrected chi connectivity index (χ3v) is 3.23. The molecule has 0 fully saturated rings. The number of fused-ring (bicyclic) bond motifs is 1. The summed E-state index contributed by atoms with van der Waals surface area (Å²) in [4.78, 5) is 4.20. The number of methoxy groups -OCH3 is 2. The van der Waals surface area contributed by atoms with Crippen LogP contribution in [0.1, 0.15) is 1.37 Å². The minimum Gasteiger partial charge on any atom is -0.497 e. The molecule has 3 nitrogen and oxygen atoms in total.